The number of nitrogens with zero attached hydrogens (tertiary/aromatic N) is 1. The van der Waals surface area contributed by atoms with E-state index in [9.17, 15) is 4.79 Å². The Morgan fingerprint density at radius 3 is 2.72 bits per heavy atom. The second-order valence-electron chi connectivity index (χ2n) is 4.77. The summed E-state index contributed by atoms with van der Waals surface area (Å²) < 4.78 is 0. The summed E-state index contributed by atoms with van der Waals surface area (Å²) in [6.45, 7) is 5.57. The van der Waals surface area contributed by atoms with E-state index in [1.807, 2.05) is 6.92 Å². The number of hydrogen-bond donors (Lipinski definition) is 2. The molecule has 1 amide bonds. The minimum Gasteiger partial charge on any atom is -0.358 e. The van der Waals surface area contributed by atoms with Crippen LogP contribution in [-0.4, -0.2) is 25.0 Å². The van der Waals surface area contributed by atoms with Gasteiger partial charge in [-0.3, -0.25) is 4.79 Å². The minimum atomic E-state index is -0.107. The molecule has 1 aliphatic rings. The van der Waals surface area contributed by atoms with Crippen LogP contribution in [-0.2, 0) is 4.79 Å². The van der Waals surface area contributed by atoms with Gasteiger partial charge in [0.2, 0.25) is 5.91 Å². The largest absolute Gasteiger partial charge is 0.358 e. The average molecular weight is 247 g/mol. The molecule has 2 rings (SSSR count). The Bertz CT molecular complexity index is 416. The van der Waals surface area contributed by atoms with Crippen molar-refractivity contribution in [1.82, 2.24) is 5.32 Å². The summed E-state index contributed by atoms with van der Waals surface area (Å²) in [4.78, 5) is 13.8. The van der Waals surface area contributed by atoms with E-state index in [-0.39, 0.29) is 18.0 Å². The lowest BCUT2D eigenvalue weighted by Crippen LogP contribution is -2.54. The van der Waals surface area contributed by atoms with Crippen molar-refractivity contribution in [2.24, 2.45) is 5.73 Å². The molecule has 18 heavy (non-hydrogen) atoms. The summed E-state index contributed by atoms with van der Waals surface area (Å²) in [5, 5.41) is 2.87. The van der Waals surface area contributed by atoms with Crippen molar-refractivity contribution in [3.05, 3.63) is 29.8 Å². The number of carbonyl (C=O) groups excluding carboxylic acids is 1. The van der Waals surface area contributed by atoms with Gasteiger partial charge in [-0.25, -0.2) is 0 Å². The van der Waals surface area contributed by atoms with Gasteiger partial charge in [0.1, 0.15) is 6.04 Å². The first-order valence-corrected chi connectivity index (χ1v) is 6.53. The van der Waals surface area contributed by atoms with Crippen LogP contribution in [0.3, 0.4) is 0 Å². The Balaban J connectivity index is 2.16. The van der Waals surface area contributed by atoms with Crippen LogP contribution >= 0.6 is 0 Å². The van der Waals surface area contributed by atoms with E-state index >= 15 is 0 Å². The second kappa shape index (κ2) is 5.40. The van der Waals surface area contributed by atoms with Crippen molar-refractivity contribution in [3.63, 3.8) is 0 Å². The molecule has 3 N–H and O–H groups in total. The van der Waals surface area contributed by atoms with Crippen molar-refractivity contribution in [3.8, 4) is 0 Å². The van der Waals surface area contributed by atoms with Crippen LogP contribution in [0.1, 0.15) is 31.9 Å². The van der Waals surface area contributed by atoms with Crippen LogP contribution in [0.4, 0.5) is 5.69 Å². The van der Waals surface area contributed by atoms with Crippen molar-refractivity contribution >= 4 is 11.6 Å². The van der Waals surface area contributed by atoms with E-state index in [2.05, 4.69) is 41.4 Å². The Morgan fingerprint density at radius 1 is 1.44 bits per heavy atom. The zero-order valence-electron chi connectivity index (χ0n) is 11.0. The summed E-state index contributed by atoms with van der Waals surface area (Å²) >= 11 is 0. The highest BCUT2D eigenvalue weighted by atomic mass is 16.2. The van der Waals surface area contributed by atoms with Gasteiger partial charge >= 0.3 is 0 Å². The van der Waals surface area contributed by atoms with E-state index < -0.39 is 0 Å². The number of piperazine rings is 1. The molecule has 0 bridgehead atoms. The van der Waals surface area contributed by atoms with Gasteiger partial charge in [-0.05, 0) is 31.0 Å². The van der Waals surface area contributed by atoms with Crippen molar-refractivity contribution in [2.75, 3.05) is 18.0 Å². The molecular weight excluding hydrogens is 226 g/mol. The quantitative estimate of drug-likeness (QED) is 0.849. The fourth-order valence-electron chi connectivity index (χ4n) is 2.28. The fourth-order valence-corrected chi connectivity index (χ4v) is 2.28. The van der Waals surface area contributed by atoms with Gasteiger partial charge in [-0.2, -0.15) is 0 Å². The average Bonchev–Trinajstić information content (AvgIpc) is 2.41. The molecule has 1 aromatic carbocycles. The van der Waals surface area contributed by atoms with Gasteiger partial charge < -0.3 is 16.0 Å². The number of carbonyl (C=O) groups is 1. The first kappa shape index (κ1) is 12.9. The van der Waals surface area contributed by atoms with E-state index in [4.69, 9.17) is 5.73 Å². The first-order chi connectivity index (χ1) is 8.63. The molecule has 0 aliphatic carbocycles. The smallest absolute Gasteiger partial charge is 0.242 e. The Labute approximate surface area is 108 Å². The Kier molecular flexibility index (Phi) is 3.87. The Morgan fingerprint density at radius 2 is 2.11 bits per heavy atom. The zero-order valence-corrected chi connectivity index (χ0v) is 11.0. The van der Waals surface area contributed by atoms with Gasteiger partial charge in [-0.15, -0.1) is 0 Å². The lowest BCUT2D eigenvalue weighted by molar-refractivity contribution is -0.122. The highest BCUT2D eigenvalue weighted by molar-refractivity contribution is 5.86. The standard InChI is InChI=1S/C14H21N3O/c1-3-13(15)11-4-6-12(7-5-11)17-9-8-16-14(18)10(17)2/h4-7,10,13H,3,8-9,15H2,1-2H3,(H,16,18). The van der Waals surface area contributed by atoms with E-state index in [0.717, 1.165) is 24.2 Å². The second-order valence-corrected chi connectivity index (χ2v) is 4.77. The number of hydrogen-bond acceptors (Lipinski definition) is 3. The Hall–Kier alpha value is -1.55. The molecule has 0 spiro atoms. The molecule has 1 aliphatic heterocycles. The maximum absolute atomic E-state index is 11.6. The molecule has 1 fully saturated rings. The minimum absolute atomic E-state index is 0.0931. The predicted molar refractivity (Wildman–Crippen MR) is 73.5 cm³/mol. The van der Waals surface area contributed by atoms with Gasteiger partial charge in [0, 0.05) is 24.8 Å². The van der Waals surface area contributed by atoms with Gasteiger partial charge in [-0.1, -0.05) is 19.1 Å². The summed E-state index contributed by atoms with van der Waals surface area (Å²) in [5.41, 5.74) is 8.23. The van der Waals surface area contributed by atoms with Crippen molar-refractivity contribution < 1.29 is 4.79 Å². The van der Waals surface area contributed by atoms with E-state index in [1.54, 1.807) is 0 Å². The van der Waals surface area contributed by atoms with Crippen molar-refractivity contribution in [2.45, 2.75) is 32.4 Å². The summed E-state index contributed by atoms with van der Waals surface area (Å²) in [6.07, 6.45) is 0.932. The SMILES string of the molecule is CCC(N)c1ccc(N2CCNC(=O)C2C)cc1. The fraction of sp³-hybridized carbons (Fsp3) is 0.500. The predicted octanol–water partition coefficient (Wildman–Crippen LogP) is 1.42. The molecule has 4 heteroatoms. The van der Waals surface area contributed by atoms with Crippen LogP contribution < -0.4 is 16.0 Å². The number of nitrogens with two attached hydrogens (primary N) is 1. The monoisotopic (exact) mass is 247 g/mol. The van der Waals surface area contributed by atoms with Gasteiger partial charge in [0.05, 0.1) is 0 Å². The molecule has 4 nitrogen and oxygen atoms in total. The van der Waals surface area contributed by atoms with Gasteiger partial charge in [0.15, 0.2) is 0 Å². The van der Waals surface area contributed by atoms with Crippen LogP contribution in [0, 0.1) is 0 Å². The number of nitrogens with one attached hydrogen (secondary N) is 1. The van der Waals surface area contributed by atoms with Crippen LogP contribution in [0.15, 0.2) is 24.3 Å². The molecule has 0 saturated carbocycles. The summed E-state index contributed by atoms with van der Waals surface area (Å²) in [5.74, 6) is 0.0931. The third-order valence-electron chi connectivity index (χ3n) is 3.59. The highest BCUT2D eigenvalue weighted by Gasteiger charge is 2.25. The highest BCUT2D eigenvalue weighted by Crippen LogP contribution is 2.22. The van der Waals surface area contributed by atoms with Crippen LogP contribution in [0.25, 0.3) is 0 Å². The lowest BCUT2D eigenvalue weighted by atomic mass is 10.0. The third-order valence-corrected chi connectivity index (χ3v) is 3.59. The number of rotatable bonds is 3. The molecule has 1 saturated heterocycles. The van der Waals surface area contributed by atoms with E-state index in [0.29, 0.717) is 6.54 Å². The van der Waals surface area contributed by atoms with E-state index in [1.165, 1.54) is 0 Å². The van der Waals surface area contributed by atoms with Gasteiger partial charge in [0.25, 0.3) is 0 Å². The molecule has 2 atom stereocenters. The summed E-state index contributed by atoms with van der Waals surface area (Å²) in [6, 6.07) is 8.22. The van der Waals surface area contributed by atoms with Crippen LogP contribution in [0.5, 0.6) is 0 Å². The topological polar surface area (TPSA) is 58.4 Å². The molecule has 98 valence electrons. The lowest BCUT2D eigenvalue weighted by Gasteiger charge is -2.34. The molecule has 1 aromatic rings. The molecule has 1 heterocycles. The number of anilines is 1. The summed E-state index contributed by atoms with van der Waals surface area (Å²) in [7, 11) is 0. The normalized spacial score (nSPS) is 21.6. The molecule has 0 aromatic heterocycles. The number of amides is 1. The van der Waals surface area contributed by atoms with Crippen LogP contribution in [0.2, 0.25) is 0 Å². The molecule has 2 unspecified atom stereocenters. The first-order valence-electron chi connectivity index (χ1n) is 6.53. The maximum atomic E-state index is 11.6. The third kappa shape index (κ3) is 2.48. The zero-order chi connectivity index (χ0) is 13.1. The molecular formula is C14H21N3O. The maximum Gasteiger partial charge on any atom is 0.242 e. The molecule has 0 radical (unpaired) electrons. The van der Waals surface area contributed by atoms with Crippen molar-refractivity contribution in [1.29, 1.82) is 0 Å². The number of benzene rings is 1.